The Morgan fingerprint density at radius 1 is 1.16 bits per heavy atom. The van der Waals surface area contributed by atoms with Gasteiger partial charge in [0, 0.05) is 29.9 Å². The lowest BCUT2D eigenvalue weighted by molar-refractivity contribution is 1.13. The summed E-state index contributed by atoms with van der Waals surface area (Å²) in [6.07, 6.45) is 0. The van der Waals surface area contributed by atoms with Crippen molar-refractivity contribution in [1.29, 1.82) is 5.26 Å². The zero-order chi connectivity index (χ0) is 13.8. The first-order valence-corrected chi connectivity index (χ1v) is 6.64. The molecular formula is C15H14BrN3. The average molecular weight is 316 g/mol. The highest BCUT2D eigenvalue weighted by Crippen LogP contribution is 2.28. The summed E-state index contributed by atoms with van der Waals surface area (Å²) in [4.78, 5) is 2.04. The third-order valence-electron chi connectivity index (χ3n) is 2.77. The second-order valence-corrected chi connectivity index (χ2v) is 5.20. The summed E-state index contributed by atoms with van der Waals surface area (Å²) in [5.41, 5.74) is 3.48. The van der Waals surface area contributed by atoms with Crippen LogP contribution in [0.1, 0.15) is 5.56 Å². The van der Waals surface area contributed by atoms with E-state index in [4.69, 9.17) is 0 Å². The number of benzene rings is 2. The number of nitriles is 1. The summed E-state index contributed by atoms with van der Waals surface area (Å²) >= 11 is 3.39. The maximum atomic E-state index is 9.19. The molecule has 0 atom stereocenters. The fourth-order valence-electron chi connectivity index (χ4n) is 1.76. The van der Waals surface area contributed by atoms with E-state index in [0.717, 1.165) is 21.5 Å². The van der Waals surface area contributed by atoms with Crippen molar-refractivity contribution in [3.8, 4) is 6.07 Å². The van der Waals surface area contributed by atoms with Crippen molar-refractivity contribution in [2.75, 3.05) is 24.3 Å². The second-order valence-electron chi connectivity index (χ2n) is 4.34. The molecule has 1 N–H and O–H groups in total. The second kappa shape index (κ2) is 5.77. The van der Waals surface area contributed by atoms with Crippen LogP contribution in [0.5, 0.6) is 0 Å². The predicted molar refractivity (Wildman–Crippen MR) is 82.9 cm³/mol. The minimum Gasteiger partial charge on any atom is -0.378 e. The summed E-state index contributed by atoms with van der Waals surface area (Å²) in [7, 11) is 4.00. The Hall–Kier alpha value is -1.99. The highest BCUT2D eigenvalue weighted by molar-refractivity contribution is 9.10. The normalized spacial score (nSPS) is 9.79. The standard InChI is InChI=1S/C15H14BrN3/c1-19(2)12-6-3-5-11(9-12)18-15-8-4-7-14(16)13(15)10-17/h3-9,18H,1-2H3. The Morgan fingerprint density at radius 2 is 1.89 bits per heavy atom. The van der Waals surface area contributed by atoms with Crippen molar-refractivity contribution in [2.24, 2.45) is 0 Å². The molecule has 4 heteroatoms. The first kappa shape index (κ1) is 13.4. The average Bonchev–Trinajstić information content (AvgIpc) is 2.39. The molecule has 0 aliphatic rings. The number of hydrogen-bond acceptors (Lipinski definition) is 3. The Bertz CT molecular complexity index is 630. The molecular weight excluding hydrogens is 302 g/mol. The van der Waals surface area contributed by atoms with Crippen LogP contribution in [0, 0.1) is 11.3 Å². The third kappa shape index (κ3) is 3.07. The van der Waals surface area contributed by atoms with Gasteiger partial charge in [0.15, 0.2) is 0 Å². The predicted octanol–water partition coefficient (Wildman–Crippen LogP) is 4.13. The Kier molecular flexibility index (Phi) is 4.08. The van der Waals surface area contributed by atoms with Crippen molar-refractivity contribution in [3.05, 3.63) is 52.5 Å². The summed E-state index contributed by atoms with van der Waals surface area (Å²) < 4.78 is 0.795. The summed E-state index contributed by atoms with van der Waals surface area (Å²) in [6.45, 7) is 0. The van der Waals surface area contributed by atoms with Crippen LogP contribution in [0.2, 0.25) is 0 Å². The zero-order valence-corrected chi connectivity index (χ0v) is 12.4. The van der Waals surface area contributed by atoms with Gasteiger partial charge in [-0.3, -0.25) is 0 Å². The van der Waals surface area contributed by atoms with E-state index in [9.17, 15) is 5.26 Å². The fraction of sp³-hybridized carbons (Fsp3) is 0.133. The molecule has 0 saturated heterocycles. The van der Waals surface area contributed by atoms with Crippen LogP contribution in [-0.2, 0) is 0 Å². The smallest absolute Gasteiger partial charge is 0.103 e. The van der Waals surface area contributed by atoms with Crippen molar-refractivity contribution in [1.82, 2.24) is 0 Å². The molecule has 0 amide bonds. The van der Waals surface area contributed by atoms with Gasteiger partial charge in [-0.25, -0.2) is 0 Å². The van der Waals surface area contributed by atoms with Gasteiger partial charge in [-0.1, -0.05) is 12.1 Å². The lowest BCUT2D eigenvalue weighted by atomic mass is 10.2. The van der Waals surface area contributed by atoms with E-state index in [1.165, 1.54) is 0 Å². The topological polar surface area (TPSA) is 39.1 Å². The Labute approximate surface area is 121 Å². The van der Waals surface area contributed by atoms with E-state index in [0.29, 0.717) is 5.56 Å². The molecule has 2 aromatic carbocycles. The van der Waals surface area contributed by atoms with E-state index < -0.39 is 0 Å². The largest absolute Gasteiger partial charge is 0.378 e. The minimum absolute atomic E-state index is 0.609. The number of anilines is 3. The fourth-order valence-corrected chi connectivity index (χ4v) is 2.21. The van der Waals surface area contributed by atoms with Crippen molar-refractivity contribution in [3.63, 3.8) is 0 Å². The van der Waals surface area contributed by atoms with Gasteiger partial charge in [0.05, 0.1) is 11.3 Å². The molecule has 96 valence electrons. The van der Waals surface area contributed by atoms with Gasteiger partial charge < -0.3 is 10.2 Å². The van der Waals surface area contributed by atoms with Gasteiger partial charge >= 0.3 is 0 Å². The number of halogens is 1. The lowest BCUT2D eigenvalue weighted by Gasteiger charge is -2.15. The molecule has 3 nitrogen and oxygen atoms in total. The lowest BCUT2D eigenvalue weighted by Crippen LogP contribution is -2.08. The van der Waals surface area contributed by atoms with Gasteiger partial charge in [0.25, 0.3) is 0 Å². The Balaban J connectivity index is 2.34. The van der Waals surface area contributed by atoms with Crippen LogP contribution < -0.4 is 10.2 Å². The van der Waals surface area contributed by atoms with E-state index in [-0.39, 0.29) is 0 Å². The molecule has 2 rings (SSSR count). The molecule has 0 radical (unpaired) electrons. The van der Waals surface area contributed by atoms with Gasteiger partial charge in [-0.05, 0) is 46.3 Å². The highest BCUT2D eigenvalue weighted by Gasteiger charge is 2.06. The van der Waals surface area contributed by atoms with E-state index in [1.54, 1.807) is 0 Å². The first-order valence-electron chi connectivity index (χ1n) is 5.85. The van der Waals surface area contributed by atoms with Gasteiger partial charge in [0.1, 0.15) is 6.07 Å². The molecule has 0 aliphatic heterocycles. The quantitative estimate of drug-likeness (QED) is 0.925. The molecule has 2 aromatic rings. The highest BCUT2D eigenvalue weighted by atomic mass is 79.9. The maximum Gasteiger partial charge on any atom is 0.103 e. The van der Waals surface area contributed by atoms with Crippen molar-refractivity contribution < 1.29 is 0 Å². The molecule has 19 heavy (non-hydrogen) atoms. The van der Waals surface area contributed by atoms with Crippen LogP contribution in [0.25, 0.3) is 0 Å². The molecule has 0 heterocycles. The molecule has 0 aromatic heterocycles. The monoisotopic (exact) mass is 315 g/mol. The van der Waals surface area contributed by atoms with Crippen molar-refractivity contribution in [2.45, 2.75) is 0 Å². The zero-order valence-electron chi connectivity index (χ0n) is 10.8. The molecule has 0 aliphatic carbocycles. The van der Waals surface area contributed by atoms with Gasteiger partial charge in [-0.2, -0.15) is 5.26 Å². The van der Waals surface area contributed by atoms with Crippen LogP contribution in [0.15, 0.2) is 46.9 Å². The first-order chi connectivity index (χ1) is 9.11. The summed E-state index contributed by atoms with van der Waals surface area (Å²) in [5, 5.41) is 12.5. The van der Waals surface area contributed by atoms with Crippen LogP contribution in [0.4, 0.5) is 17.1 Å². The molecule has 0 saturated carbocycles. The third-order valence-corrected chi connectivity index (χ3v) is 3.43. The van der Waals surface area contributed by atoms with E-state index in [2.05, 4.69) is 27.3 Å². The van der Waals surface area contributed by atoms with E-state index >= 15 is 0 Å². The molecule has 0 spiro atoms. The minimum atomic E-state index is 0.609. The summed E-state index contributed by atoms with van der Waals surface area (Å²) in [5.74, 6) is 0. The molecule has 0 fully saturated rings. The number of rotatable bonds is 3. The molecule has 0 bridgehead atoms. The van der Waals surface area contributed by atoms with Crippen molar-refractivity contribution >= 4 is 33.0 Å². The Morgan fingerprint density at radius 3 is 2.58 bits per heavy atom. The summed E-state index contributed by atoms with van der Waals surface area (Å²) in [6, 6.07) is 15.9. The van der Waals surface area contributed by atoms with E-state index in [1.807, 2.05) is 61.5 Å². The number of hydrogen-bond donors (Lipinski definition) is 1. The van der Waals surface area contributed by atoms with Gasteiger partial charge in [-0.15, -0.1) is 0 Å². The molecule has 0 unspecified atom stereocenters. The number of nitrogens with zero attached hydrogens (tertiary/aromatic N) is 2. The van der Waals surface area contributed by atoms with Crippen LogP contribution in [-0.4, -0.2) is 14.1 Å². The maximum absolute atomic E-state index is 9.19. The van der Waals surface area contributed by atoms with Crippen LogP contribution >= 0.6 is 15.9 Å². The number of nitrogens with one attached hydrogen (secondary N) is 1. The van der Waals surface area contributed by atoms with Gasteiger partial charge in [0.2, 0.25) is 0 Å². The SMILES string of the molecule is CN(C)c1cccc(Nc2cccc(Br)c2C#N)c1. The van der Waals surface area contributed by atoms with Crippen LogP contribution in [0.3, 0.4) is 0 Å².